The van der Waals surface area contributed by atoms with Gasteiger partial charge in [0, 0.05) is 23.3 Å². The van der Waals surface area contributed by atoms with Gasteiger partial charge in [-0.1, -0.05) is 0 Å². The second kappa shape index (κ2) is 3.58. The Bertz CT molecular complexity index is 385. The molecule has 0 atom stereocenters. The molecular weight excluding hydrogens is 176 g/mol. The van der Waals surface area contributed by atoms with Crippen molar-refractivity contribution in [1.29, 1.82) is 0 Å². The number of rotatable bonds is 2. The minimum Gasteiger partial charge on any atom is -0.322 e. The molecule has 0 aliphatic carbocycles. The molecule has 1 rings (SSSR count). The molecule has 0 saturated carbocycles. The van der Waals surface area contributed by atoms with Crippen LogP contribution < -0.4 is 11.3 Å². The summed E-state index contributed by atoms with van der Waals surface area (Å²) in [5, 5.41) is 0. The number of pyridine rings is 1. The number of aromatic nitrogens is 1. The summed E-state index contributed by atoms with van der Waals surface area (Å²) in [6.07, 6.45) is 0. The van der Waals surface area contributed by atoms with Gasteiger partial charge in [-0.2, -0.15) is 0 Å². The minimum atomic E-state index is -0.568. The molecule has 0 amide bonds. The molecule has 1 aromatic rings. The Balaban J connectivity index is 3.44. The summed E-state index contributed by atoms with van der Waals surface area (Å²) in [5.74, 6) is 0. The van der Waals surface area contributed by atoms with E-state index in [1.807, 2.05) is 39.8 Å². The van der Waals surface area contributed by atoms with E-state index in [1.54, 1.807) is 4.57 Å². The van der Waals surface area contributed by atoms with Crippen LogP contribution in [-0.2, 0) is 12.1 Å². The Labute approximate surface area is 84.6 Å². The predicted octanol–water partition coefficient (Wildman–Crippen LogP) is 1.37. The molecule has 0 aliphatic heterocycles. The van der Waals surface area contributed by atoms with Crippen molar-refractivity contribution in [2.24, 2.45) is 5.73 Å². The standard InChI is InChI=1S/C11H18N2O/c1-5-13-8(2)6-7-9(10(13)14)11(3,4)12/h6-7H,5,12H2,1-4H3. The van der Waals surface area contributed by atoms with Crippen LogP contribution in [0.3, 0.4) is 0 Å². The number of nitrogens with zero attached hydrogens (tertiary/aromatic N) is 1. The van der Waals surface area contributed by atoms with Crippen molar-refractivity contribution in [3.8, 4) is 0 Å². The van der Waals surface area contributed by atoms with Crippen LogP contribution in [-0.4, -0.2) is 4.57 Å². The summed E-state index contributed by atoms with van der Waals surface area (Å²) in [4.78, 5) is 12.0. The average molecular weight is 194 g/mol. The quantitative estimate of drug-likeness (QED) is 0.773. The molecule has 0 aromatic carbocycles. The molecule has 3 nitrogen and oxygen atoms in total. The van der Waals surface area contributed by atoms with Gasteiger partial charge in [0.25, 0.3) is 5.56 Å². The molecule has 0 fully saturated rings. The van der Waals surface area contributed by atoms with Crippen LogP contribution in [0.2, 0.25) is 0 Å². The van der Waals surface area contributed by atoms with E-state index < -0.39 is 5.54 Å². The van der Waals surface area contributed by atoms with Gasteiger partial charge in [-0.3, -0.25) is 4.79 Å². The van der Waals surface area contributed by atoms with Gasteiger partial charge in [0.2, 0.25) is 0 Å². The number of nitrogens with two attached hydrogens (primary N) is 1. The molecule has 1 aromatic heterocycles. The molecule has 2 N–H and O–H groups in total. The van der Waals surface area contributed by atoms with Crippen LogP contribution in [0.25, 0.3) is 0 Å². The Morgan fingerprint density at radius 2 is 2.00 bits per heavy atom. The molecule has 3 heteroatoms. The maximum absolute atomic E-state index is 12.0. The first-order valence-corrected chi connectivity index (χ1v) is 4.87. The van der Waals surface area contributed by atoms with Crippen LogP contribution in [0.4, 0.5) is 0 Å². The number of aryl methyl sites for hydroxylation is 1. The van der Waals surface area contributed by atoms with E-state index in [2.05, 4.69) is 0 Å². The topological polar surface area (TPSA) is 48.0 Å². The monoisotopic (exact) mass is 194 g/mol. The third-order valence-electron chi connectivity index (χ3n) is 2.40. The number of hydrogen-bond acceptors (Lipinski definition) is 2. The van der Waals surface area contributed by atoms with Crippen LogP contribution >= 0.6 is 0 Å². The summed E-state index contributed by atoms with van der Waals surface area (Å²) in [5.41, 5.74) is 7.03. The lowest BCUT2D eigenvalue weighted by atomic mass is 9.97. The van der Waals surface area contributed by atoms with E-state index in [9.17, 15) is 4.79 Å². The fourth-order valence-corrected chi connectivity index (χ4v) is 1.55. The molecular formula is C11H18N2O. The first-order valence-electron chi connectivity index (χ1n) is 4.87. The Morgan fingerprint density at radius 3 is 2.43 bits per heavy atom. The minimum absolute atomic E-state index is 0.0278. The van der Waals surface area contributed by atoms with Crippen LogP contribution in [0.5, 0.6) is 0 Å². The molecule has 0 aliphatic rings. The highest BCUT2D eigenvalue weighted by molar-refractivity contribution is 5.21. The first kappa shape index (κ1) is 11.0. The normalized spacial score (nSPS) is 11.8. The largest absolute Gasteiger partial charge is 0.322 e. The van der Waals surface area contributed by atoms with Gasteiger partial charge >= 0.3 is 0 Å². The van der Waals surface area contributed by atoms with Crippen molar-refractivity contribution in [2.75, 3.05) is 0 Å². The fraction of sp³-hybridized carbons (Fsp3) is 0.545. The maximum atomic E-state index is 12.0. The molecule has 0 spiro atoms. The third kappa shape index (κ3) is 1.87. The summed E-state index contributed by atoms with van der Waals surface area (Å²) in [6.45, 7) is 8.27. The van der Waals surface area contributed by atoms with Gasteiger partial charge in [0.15, 0.2) is 0 Å². The van der Waals surface area contributed by atoms with E-state index in [0.717, 1.165) is 5.69 Å². The van der Waals surface area contributed by atoms with Crippen LogP contribution in [0, 0.1) is 6.92 Å². The maximum Gasteiger partial charge on any atom is 0.255 e. The van der Waals surface area contributed by atoms with Crippen molar-refractivity contribution in [2.45, 2.75) is 39.8 Å². The lowest BCUT2D eigenvalue weighted by Gasteiger charge is -2.20. The SMILES string of the molecule is CCn1c(C)ccc(C(C)(C)N)c1=O. The van der Waals surface area contributed by atoms with Gasteiger partial charge in [0.1, 0.15) is 0 Å². The molecule has 1 heterocycles. The summed E-state index contributed by atoms with van der Waals surface area (Å²) >= 11 is 0. The van der Waals surface area contributed by atoms with E-state index >= 15 is 0 Å². The zero-order valence-electron chi connectivity index (χ0n) is 9.29. The van der Waals surface area contributed by atoms with E-state index in [0.29, 0.717) is 12.1 Å². The van der Waals surface area contributed by atoms with Gasteiger partial charge < -0.3 is 10.3 Å². The molecule has 14 heavy (non-hydrogen) atoms. The smallest absolute Gasteiger partial charge is 0.255 e. The Kier molecular flexibility index (Phi) is 2.81. The van der Waals surface area contributed by atoms with Crippen molar-refractivity contribution in [3.05, 3.63) is 33.7 Å². The third-order valence-corrected chi connectivity index (χ3v) is 2.40. The average Bonchev–Trinajstić information content (AvgIpc) is 2.02. The van der Waals surface area contributed by atoms with Crippen molar-refractivity contribution >= 4 is 0 Å². The molecule has 78 valence electrons. The van der Waals surface area contributed by atoms with Crippen LogP contribution in [0.1, 0.15) is 32.0 Å². The Morgan fingerprint density at radius 1 is 1.43 bits per heavy atom. The van der Waals surface area contributed by atoms with Crippen molar-refractivity contribution in [1.82, 2.24) is 4.57 Å². The van der Waals surface area contributed by atoms with E-state index in [4.69, 9.17) is 5.73 Å². The Hall–Kier alpha value is -1.09. The molecule has 0 unspecified atom stereocenters. The highest BCUT2D eigenvalue weighted by Crippen LogP contribution is 2.12. The van der Waals surface area contributed by atoms with Crippen LogP contribution in [0.15, 0.2) is 16.9 Å². The highest BCUT2D eigenvalue weighted by atomic mass is 16.1. The van der Waals surface area contributed by atoms with Gasteiger partial charge in [0.05, 0.1) is 0 Å². The zero-order chi connectivity index (χ0) is 10.9. The van der Waals surface area contributed by atoms with E-state index in [1.165, 1.54) is 0 Å². The fourth-order valence-electron chi connectivity index (χ4n) is 1.55. The highest BCUT2D eigenvalue weighted by Gasteiger charge is 2.19. The second-order valence-corrected chi connectivity index (χ2v) is 4.16. The lowest BCUT2D eigenvalue weighted by Crippen LogP contribution is -2.38. The number of hydrogen-bond donors (Lipinski definition) is 1. The summed E-state index contributed by atoms with van der Waals surface area (Å²) < 4.78 is 1.74. The van der Waals surface area contributed by atoms with Gasteiger partial charge in [-0.05, 0) is 39.8 Å². The predicted molar refractivity (Wildman–Crippen MR) is 58.3 cm³/mol. The van der Waals surface area contributed by atoms with Gasteiger partial charge in [-0.25, -0.2) is 0 Å². The van der Waals surface area contributed by atoms with Gasteiger partial charge in [-0.15, -0.1) is 0 Å². The molecule has 0 bridgehead atoms. The van der Waals surface area contributed by atoms with Crippen molar-refractivity contribution in [3.63, 3.8) is 0 Å². The van der Waals surface area contributed by atoms with E-state index in [-0.39, 0.29) is 5.56 Å². The first-order chi connectivity index (χ1) is 6.38. The summed E-state index contributed by atoms with van der Waals surface area (Å²) in [7, 11) is 0. The second-order valence-electron chi connectivity index (χ2n) is 4.16. The van der Waals surface area contributed by atoms with Crippen molar-refractivity contribution < 1.29 is 0 Å². The summed E-state index contributed by atoms with van der Waals surface area (Å²) in [6, 6.07) is 3.76. The zero-order valence-corrected chi connectivity index (χ0v) is 9.29. The molecule has 0 saturated heterocycles. The molecule has 0 radical (unpaired) electrons. The lowest BCUT2D eigenvalue weighted by molar-refractivity contribution is 0.533.